The first-order valence-electron chi connectivity index (χ1n) is 4.59. The fourth-order valence-electron chi connectivity index (χ4n) is 1.62. The van der Waals surface area contributed by atoms with Gasteiger partial charge in [0.25, 0.3) is 0 Å². The lowest BCUT2D eigenvalue weighted by Crippen LogP contribution is -2.35. The van der Waals surface area contributed by atoms with Crippen LogP contribution in [0.2, 0.25) is 0 Å². The van der Waals surface area contributed by atoms with Crippen LogP contribution in [0.5, 0.6) is 5.75 Å². The van der Waals surface area contributed by atoms with Crippen molar-refractivity contribution in [3.8, 4) is 5.75 Å². The van der Waals surface area contributed by atoms with Gasteiger partial charge in [-0.2, -0.15) is 0 Å². The van der Waals surface area contributed by atoms with Crippen LogP contribution >= 0.6 is 0 Å². The van der Waals surface area contributed by atoms with Gasteiger partial charge in [0.15, 0.2) is 0 Å². The molecule has 0 radical (unpaired) electrons. The van der Waals surface area contributed by atoms with Gasteiger partial charge < -0.3 is 15.5 Å². The summed E-state index contributed by atoms with van der Waals surface area (Å²) < 4.78 is 13.4. The van der Waals surface area contributed by atoms with Gasteiger partial charge in [0.05, 0.1) is 0 Å². The number of hydrogen-bond donors (Lipinski definition) is 3. The third-order valence-electron chi connectivity index (χ3n) is 2.57. The highest BCUT2D eigenvalue weighted by atomic mass is 19.1. The fraction of sp³-hybridized carbons (Fsp3) is 0.300. The van der Waals surface area contributed by atoms with Crippen LogP contribution in [0, 0.1) is 5.82 Å². The molecule has 0 bridgehead atoms. The summed E-state index contributed by atoms with van der Waals surface area (Å²) in [7, 11) is 0. The average Bonchev–Trinajstić information content (AvgIpc) is 2.08. The molecule has 5 heteroatoms. The standard InChI is InChI=1S/C10H10FNO3/c11-6-2-1-5(10(14)15)9(13)8(6)7-3-4-12-7/h1-2,7,12-13H,3-4H2,(H,14,15)/t7-/m1/s1. The van der Waals surface area contributed by atoms with Crippen LogP contribution in [0.15, 0.2) is 12.1 Å². The Morgan fingerprint density at radius 1 is 1.53 bits per heavy atom. The van der Waals surface area contributed by atoms with Gasteiger partial charge in [-0.25, -0.2) is 9.18 Å². The lowest BCUT2D eigenvalue weighted by Gasteiger charge is -2.29. The molecule has 15 heavy (non-hydrogen) atoms. The molecule has 0 amide bonds. The maximum atomic E-state index is 13.4. The largest absolute Gasteiger partial charge is 0.507 e. The summed E-state index contributed by atoms with van der Waals surface area (Å²) in [5.74, 6) is -2.30. The quantitative estimate of drug-likeness (QED) is 0.688. The average molecular weight is 211 g/mol. The summed E-state index contributed by atoms with van der Waals surface area (Å²) in [6, 6.07) is 1.86. The number of carbonyl (C=O) groups is 1. The first-order chi connectivity index (χ1) is 7.11. The van der Waals surface area contributed by atoms with Crippen LogP contribution in [-0.2, 0) is 0 Å². The smallest absolute Gasteiger partial charge is 0.339 e. The zero-order valence-electron chi connectivity index (χ0n) is 7.83. The van der Waals surface area contributed by atoms with Crippen LogP contribution in [0.3, 0.4) is 0 Å². The first kappa shape index (κ1) is 9.92. The van der Waals surface area contributed by atoms with E-state index in [0.29, 0.717) is 6.42 Å². The number of carboxylic acids is 1. The molecular formula is C10H10FNO3. The van der Waals surface area contributed by atoms with Crippen molar-refractivity contribution in [3.05, 3.63) is 29.1 Å². The van der Waals surface area contributed by atoms with Crippen molar-refractivity contribution in [3.63, 3.8) is 0 Å². The van der Waals surface area contributed by atoms with Crippen LogP contribution in [0.1, 0.15) is 28.4 Å². The highest BCUT2D eigenvalue weighted by molar-refractivity contribution is 5.91. The number of hydrogen-bond acceptors (Lipinski definition) is 3. The molecule has 1 aromatic rings. The van der Waals surface area contributed by atoms with Crippen molar-refractivity contribution in [1.29, 1.82) is 0 Å². The van der Waals surface area contributed by atoms with E-state index in [1.807, 2.05) is 0 Å². The third kappa shape index (κ3) is 1.55. The van der Waals surface area contributed by atoms with Crippen molar-refractivity contribution < 1.29 is 19.4 Å². The highest BCUT2D eigenvalue weighted by Crippen LogP contribution is 2.34. The Kier molecular flexibility index (Phi) is 2.32. The monoisotopic (exact) mass is 211 g/mol. The Morgan fingerprint density at radius 2 is 2.20 bits per heavy atom. The number of carboxylic acid groups (broad SMARTS) is 1. The summed E-state index contributed by atoms with van der Waals surface area (Å²) in [5.41, 5.74) is -0.207. The molecule has 0 spiro atoms. The predicted molar refractivity (Wildman–Crippen MR) is 50.4 cm³/mol. The maximum absolute atomic E-state index is 13.4. The van der Waals surface area contributed by atoms with Gasteiger partial charge in [-0.05, 0) is 25.1 Å². The Bertz CT molecular complexity index is 415. The molecule has 0 saturated carbocycles. The Labute approximate surface area is 85.4 Å². The fourth-order valence-corrected chi connectivity index (χ4v) is 1.62. The molecule has 80 valence electrons. The van der Waals surface area contributed by atoms with E-state index in [4.69, 9.17) is 5.11 Å². The first-order valence-corrected chi connectivity index (χ1v) is 4.59. The summed E-state index contributed by atoms with van der Waals surface area (Å²) in [6.45, 7) is 0.751. The Hall–Kier alpha value is -1.62. The van der Waals surface area contributed by atoms with Crippen LogP contribution in [0.4, 0.5) is 4.39 Å². The topological polar surface area (TPSA) is 69.6 Å². The number of rotatable bonds is 2. The molecular weight excluding hydrogens is 201 g/mol. The van der Waals surface area contributed by atoms with E-state index in [-0.39, 0.29) is 17.2 Å². The van der Waals surface area contributed by atoms with Gasteiger partial charge in [0, 0.05) is 11.6 Å². The Morgan fingerprint density at radius 3 is 2.67 bits per heavy atom. The molecule has 1 aliphatic rings. The molecule has 4 nitrogen and oxygen atoms in total. The van der Waals surface area contributed by atoms with E-state index in [1.165, 1.54) is 0 Å². The lowest BCUT2D eigenvalue weighted by atomic mass is 9.94. The van der Waals surface area contributed by atoms with E-state index < -0.39 is 17.5 Å². The van der Waals surface area contributed by atoms with E-state index in [0.717, 1.165) is 18.7 Å². The molecule has 0 aromatic heterocycles. The van der Waals surface area contributed by atoms with E-state index in [1.54, 1.807) is 0 Å². The minimum Gasteiger partial charge on any atom is -0.507 e. The van der Waals surface area contributed by atoms with Crippen LogP contribution in [0.25, 0.3) is 0 Å². The van der Waals surface area contributed by atoms with E-state index in [9.17, 15) is 14.3 Å². The van der Waals surface area contributed by atoms with Gasteiger partial charge >= 0.3 is 5.97 Å². The SMILES string of the molecule is O=C(O)c1ccc(F)c([C@H]2CCN2)c1O. The van der Waals surface area contributed by atoms with Gasteiger partial charge in [0.2, 0.25) is 0 Å². The normalized spacial score (nSPS) is 19.7. The summed E-state index contributed by atoms with van der Waals surface area (Å²) in [5, 5.41) is 21.3. The molecule has 0 unspecified atom stereocenters. The second kappa shape index (κ2) is 3.51. The molecule has 1 fully saturated rings. The maximum Gasteiger partial charge on any atom is 0.339 e. The van der Waals surface area contributed by atoms with Gasteiger partial charge in [-0.15, -0.1) is 0 Å². The number of aromatic carboxylic acids is 1. The number of aromatic hydroxyl groups is 1. The minimum absolute atomic E-state index is 0.0566. The predicted octanol–water partition coefficient (Wildman–Crippen LogP) is 1.26. The number of phenols is 1. The van der Waals surface area contributed by atoms with Crippen molar-refractivity contribution in [1.82, 2.24) is 5.32 Å². The molecule has 1 saturated heterocycles. The third-order valence-corrected chi connectivity index (χ3v) is 2.57. The molecule has 1 heterocycles. The molecule has 1 aliphatic heterocycles. The minimum atomic E-state index is -1.26. The second-order valence-electron chi connectivity index (χ2n) is 3.46. The Balaban J connectivity index is 2.50. The van der Waals surface area contributed by atoms with Crippen molar-refractivity contribution in [2.45, 2.75) is 12.5 Å². The molecule has 2 rings (SSSR count). The number of nitrogens with one attached hydrogen (secondary N) is 1. The van der Waals surface area contributed by atoms with Gasteiger partial charge in [0.1, 0.15) is 17.1 Å². The van der Waals surface area contributed by atoms with Crippen molar-refractivity contribution in [2.24, 2.45) is 0 Å². The zero-order chi connectivity index (χ0) is 11.0. The van der Waals surface area contributed by atoms with E-state index in [2.05, 4.69) is 5.32 Å². The van der Waals surface area contributed by atoms with Crippen molar-refractivity contribution >= 4 is 5.97 Å². The summed E-state index contributed by atoms with van der Waals surface area (Å²) >= 11 is 0. The lowest BCUT2D eigenvalue weighted by molar-refractivity contribution is 0.0693. The number of halogens is 1. The zero-order valence-corrected chi connectivity index (χ0v) is 7.83. The van der Waals surface area contributed by atoms with Crippen LogP contribution < -0.4 is 5.32 Å². The summed E-state index contributed by atoms with van der Waals surface area (Å²) in [4.78, 5) is 10.7. The highest BCUT2D eigenvalue weighted by Gasteiger charge is 2.27. The summed E-state index contributed by atoms with van der Waals surface area (Å²) in [6.07, 6.45) is 0.702. The number of benzene rings is 1. The molecule has 1 aromatic carbocycles. The van der Waals surface area contributed by atoms with E-state index >= 15 is 0 Å². The molecule has 1 atom stereocenters. The molecule has 3 N–H and O–H groups in total. The van der Waals surface area contributed by atoms with Crippen LogP contribution in [-0.4, -0.2) is 22.7 Å². The second-order valence-corrected chi connectivity index (χ2v) is 3.46. The molecule has 0 aliphatic carbocycles. The van der Waals surface area contributed by atoms with Gasteiger partial charge in [-0.3, -0.25) is 0 Å². The van der Waals surface area contributed by atoms with Crippen molar-refractivity contribution in [2.75, 3.05) is 6.54 Å². The van der Waals surface area contributed by atoms with Gasteiger partial charge in [-0.1, -0.05) is 0 Å².